The van der Waals surface area contributed by atoms with Crippen LogP contribution in [0.15, 0.2) is 42.7 Å². The third-order valence-electron chi connectivity index (χ3n) is 6.64. The fourth-order valence-corrected chi connectivity index (χ4v) is 5.93. The Kier molecular flexibility index (Phi) is 6.91. The van der Waals surface area contributed by atoms with Gasteiger partial charge in [0.05, 0.1) is 54.9 Å². The van der Waals surface area contributed by atoms with Gasteiger partial charge in [0.1, 0.15) is 16.3 Å². The topological polar surface area (TPSA) is 129 Å². The molecular weight excluding hydrogens is 546 g/mol. The predicted octanol–water partition coefficient (Wildman–Crippen LogP) is 5.65. The lowest BCUT2D eigenvalue weighted by atomic mass is 10.1. The number of rotatable bonds is 7. The summed E-state index contributed by atoms with van der Waals surface area (Å²) < 4.78 is 24.0. The first kappa shape index (κ1) is 26.5. The standard InChI is InChI=1S/C29H27N5O6S/c1-5-38-22-7-6-17(11-30-22)34(29(35)36)13-18-14-39-26-21(40-18)10-16(3)24-27(26)41-28(33-24)19-8-15(2)9-20-25(19)31-12-23(32-20)37-4/h6-12,18H,5,13-14H2,1-4H3,(H,35,36). The molecule has 0 spiro atoms. The maximum absolute atomic E-state index is 12.1. The summed E-state index contributed by atoms with van der Waals surface area (Å²) in [5, 5.41) is 10.7. The molecule has 0 saturated carbocycles. The molecule has 0 fully saturated rings. The molecule has 1 unspecified atom stereocenters. The predicted molar refractivity (Wildman–Crippen MR) is 155 cm³/mol. The van der Waals surface area contributed by atoms with E-state index >= 15 is 0 Å². The minimum absolute atomic E-state index is 0.0624. The maximum Gasteiger partial charge on any atom is 0.411 e. The van der Waals surface area contributed by atoms with E-state index in [4.69, 9.17) is 23.9 Å². The number of hydrogen-bond donors (Lipinski definition) is 1. The van der Waals surface area contributed by atoms with Crippen molar-refractivity contribution in [1.29, 1.82) is 0 Å². The Morgan fingerprint density at radius 3 is 2.71 bits per heavy atom. The van der Waals surface area contributed by atoms with Crippen LogP contribution in [0.1, 0.15) is 18.1 Å². The van der Waals surface area contributed by atoms with Gasteiger partial charge in [0.2, 0.25) is 11.8 Å². The number of pyridine rings is 1. The van der Waals surface area contributed by atoms with Crippen LogP contribution in [0.5, 0.6) is 23.3 Å². The van der Waals surface area contributed by atoms with Crippen LogP contribution in [0.3, 0.4) is 0 Å². The summed E-state index contributed by atoms with van der Waals surface area (Å²) in [6, 6.07) is 9.20. The van der Waals surface area contributed by atoms with Gasteiger partial charge in [-0.2, -0.15) is 0 Å². The number of ether oxygens (including phenoxy) is 4. The van der Waals surface area contributed by atoms with E-state index in [-0.39, 0.29) is 13.2 Å². The summed E-state index contributed by atoms with van der Waals surface area (Å²) in [7, 11) is 1.56. The highest BCUT2D eigenvalue weighted by atomic mass is 32.1. The van der Waals surface area contributed by atoms with Crippen molar-refractivity contribution in [2.24, 2.45) is 0 Å². The number of carboxylic acid groups (broad SMARTS) is 1. The van der Waals surface area contributed by atoms with Gasteiger partial charge in [-0.05, 0) is 56.2 Å². The zero-order chi connectivity index (χ0) is 28.7. The van der Waals surface area contributed by atoms with Gasteiger partial charge in [-0.1, -0.05) is 0 Å². The van der Waals surface area contributed by atoms with Crippen molar-refractivity contribution in [2.75, 3.05) is 31.8 Å². The van der Waals surface area contributed by atoms with Crippen molar-refractivity contribution in [1.82, 2.24) is 19.9 Å². The maximum atomic E-state index is 12.1. The Labute approximate surface area is 239 Å². The van der Waals surface area contributed by atoms with Crippen molar-refractivity contribution in [3.8, 4) is 33.8 Å². The van der Waals surface area contributed by atoms with Gasteiger partial charge in [0.15, 0.2) is 17.6 Å². The summed E-state index contributed by atoms with van der Waals surface area (Å²) in [5.74, 6) is 2.03. The van der Waals surface area contributed by atoms with Gasteiger partial charge >= 0.3 is 6.09 Å². The first-order valence-corrected chi connectivity index (χ1v) is 13.8. The Morgan fingerprint density at radius 2 is 1.98 bits per heavy atom. The Balaban J connectivity index is 1.31. The van der Waals surface area contributed by atoms with Crippen molar-refractivity contribution >= 4 is 44.4 Å². The minimum atomic E-state index is -1.12. The molecule has 1 amide bonds. The third-order valence-corrected chi connectivity index (χ3v) is 7.72. The van der Waals surface area contributed by atoms with Gasteiger partial charge in [0.25, 0.3) is 0 Å². The molecule has 2 aromatic carbocycles. The summed E-state index contributed by atoms with van der Waals surface area (Å²) in [4.78, 5) is 31.6. The second kappa shape index (κ2) is 10.7. The van der Waals surface area contributed by atoms with Crippen LogP contribution in [0.4, 0.5) is 10.5 Å². The average Bonchev–Trinajstić information content (AvgIpc) is 3.42. The van der Waals surface area contributed by atoms with Gasteiger partial charge in [0, 0.05) is 11.6 Å². The number of benzene rings is 2. The average molecular weight is 574 g/mol. The molecule has 0 radical (unpaired) electrons. The Hall–Kier alpha value is -4.71. The van der Waals surface area contributed by atoms with Crippen LogP contribution in [-0.4, -0.2) is 64.1 Å². The molecule has 3 aromatic heterocycles. The molecule has 41 heavy (non-hydrogen) atoms. The molecule has 210 valence electrons. The molecule has 1 aliphatic heterocycles. The SMILES string of the molecule is CCOc1ccc(N(CC2COc3c(cc(C)c4nc(-c5cc(C)cc6nc(OC)cnc56)sc34)O2)C(=O)O)cn1. The summed E-state index contributed by atoms with van der Waals surface area (Å²) in [5.41, 5.74) is 5.51. The van der Waals surface area contributed by atoms with E-state index in [1.165, 1.54) is 22.4 Å². The summed E-state index contributed by atoms with van der Waals surface area (Å²) in [6.45, 7) is 6.54. The zero-order valence-electron chi connectivity index (χ0n) is 22.9. The molecule has 4 heterocycles. The number of fused-ring (bicyclic) bond motifs is 4. The molecule has 1 atom stereocenters. The highest BCUT2D eigenvalue weighted by molar-refractivity contribution is 7.22. The first-order valence-electron chi connectivity index (χ1n) is 13.0. The number of nitrogens with zero attached hydrogens (tertiary/aromatic N) is 5. The number of aromatic nitrogens is 4. The Bertz CT molecular complexity index is 1770. The molecule has 0 saturated heterocycles. The van der Waals surface area contributed by atoms with E-state index in [0.29, 0.717) is 35.6 Å². The number of aryl methyl sites for hydroxylation is 2. The monoisotopic (exact) mass is 573 g/mol. The number of anilines is 1. The van der Waals surface area contributed by atoms with E-state index in [1.54, 1.807) is 25.4 Å². The van der Waals surface area contributed by atoms with Crippen molar-refractivity contribution in [2.45, 2.75) is 26.9 Å². The van der Waals surface area contributed by atoms with E-state index in [9.17, 15) is 9.90 Å². The second-order valence-electron chi connectivity index (χ2n) is 9.54. The number of hydrogen-bond acceptors (Lipinski definition) is 10. The molecular formula is C29H27N5O6S. The summed E-state index contributed by atoms with van der Waals surface area (Å²) >= 11 is 1.50. The van der Waals surface area contributed by atoms with E-state index < -0.39 is 12.2 Å². The quantitative estimate of drug-likeness (QED) is 0.261. The number of carbonyl (C=O) groups is 1. The van der Waals surface area contributed by atoms with Gasteiger partial charge in [-0.15, -0.1) is 11.3 Å². The molecule has 6 rings (SSSR count). The number of amides is 1. The number of thiazole rings is 1. The normalized spacial score (nSPS) is 14.3. The van der Waals surface area contributed by atoms with Crippen molar-refractivity contribution in [3.63, 3.8) is 0 Å². The molecule has 0 aliphatic carbocycles. The van der Waals surface area contributed by atoms with E-state index in [0.717, 1.165) is 42.9 Å². The molecule has 5 aromatic rings. The highest BCUT2D eigenvalue weighted by Gasteiger charge is 2.30. The largest absolute Gasteiger partial charge is 0.484 e. The van der Waals surface area contributed by atoms with Crippen molar-refractivity contribution in [3.05, 3.63) is 53.9 Å². The van der Waals surface area contributed by atoms with Crippen LogP contribution in [0, 0.1) is 13.8 Å². The minimum Gasteiger partial charge on any atom is -0.484 e. The summed E-state index contributed by atoms with van der Waals surface area (Å²) in [6.07, 6.45) is 1.43. The van der Waals surface area contributed by atoms with Crippen LogP contribution < -0.4 is 23.8 Å². The van der Waals surface area contributed by atoms with E-state index in [1.807, 2.05) is 39.0 Å². The third kappa shape index (κ3) is 5.02. The van der Waals surface area contributed by atoms with Crippen LogP contribution >= 0.6 is 11.3 Å². The van der Waals surface area contributed by atoms with Gasteiger partial charge in [-0.25, -0.2) is 24.7 Å². The second-order valence-corrected chi connectivity index (χ2v) is 10.5. The van der Waals surface area contributed by atoms with Crippen LogP contribution in [-0.2, 0) is 0 Å². The van der Waals surface area contributed by atoms with Gasteiger partial charge < -0.3 is 24.1 Å². The van der Waals surface area contributed by atoms with Crippen LogP contribution in [0.2, 0.25) is 0 Å². The van der Waals surface area contributed by atoms with Crippen molar-refractivity contribution < 1.29 is 28.8 Å². The van der Waals surface area contributed by atoms with E-state index in [2.05, 4.69) is 15.0 Å². The first-order chi connectivity index (χ1) is 19.8. The molecule has 11 nitrogen and oxygen atoms in total. The smallest absolute Gasteiger partial charge is 0.411 e. The lowest BCUT2D eigenvalue weighted by molar-refractivity contribution is 0.0961. The fraction of sp³-hybridized carbons (Fsp3) is 0.276. The fourth-order valence-electron chi connectivity index (χ4n) is 4.78. The van der Waals surface area contributed by atoms with Gasteiger partial charge in [-0.3, -0.25) is 4.90 Å². The lowest BCUT2D eigenvalue weighted by Crippen LogP contribution is -2.43. The molecule has 12 heteroatoms. The lowest BCUT2D eigenvalue weighted by Gasteiger charge is -2.30. The Morgan fingerprint density at radius 1 is 1.12 bits per heavy atom. The highest BCUT2D eigenvalue weighted by Crippen LogP contribution is 2.46. The number of methoxy groups -OCH3 is 1. The molecule has 0 bridgehead atoms. The molecule has 1 aliphatic rings. The molecule has 1 N–H and O–H groups in total. The zero-order valence-corrected chi connectivity index (χ0v) is 23.7. The van der Waals surface area contributed by atoms with Crippen LogP contribution in [0.25, 0.3) is 31.8 Å².